The molecular formula is C15H14N4O3. The second kappa shape index (κ2) is 5.11. The number of benzene rings is 1. The first-order valence-electron chi connectivity index (χ1n) is 7.18. The van der Waals surface area contributed by atoms with E-state index in [9.17, 15) is 9.59 Å². The fourth-order valence-corrected chi connectivity index (χ4v) is 2.87. The smallest absolute Gasteiger partial charge is 0.253 e. The zero-order valence-electron chi connectivity index (χ0n) is 11.9. The van der Waals surface area contributed by atoms with Crippen molar-refractivity contribution in [2.24, 2.45) is 0 Å². The number of ether oxygens (including phenoxy) is 1. The lowest BCUT2D eigenvalue weighted by Gasteiger charge is -2.26. The average molecular weight is 298 g/mol. The third-order valence-electron chi connectivity index (χ3n) is 4.02. The molecule has 0 unspecified atom stereocenters. The minimum atomic E-state index is -0.535. The predicted octanol–water partition coefficient (Wildman–Crippen LogP) is 0.614. The minimum absolute atomic E-state index is 0.287. The van der Waals surface area contributed by atoms with Crippen molar-refractivity contribution in [1.82, 2.24) is 19.9 Å². The summed E-state index contributed by atoms with van der Waals surface area (Å²) in [4.78, 5) is 26.8. The van der Waals surface area contributed by atoms with Gasteiger partial charge in [0.05, 0.1) is 19.9 Å². The van der Waals surface area contributed by atoms with Gasteiger partial charge in [0.15, 0.2) is 0 Å². The standard InChI is InChI=1S/C15H14N4O3/c20-14-11-4-2-1-3-10(11)12-13(15(14)21)19(17-16-12)9-18-5-7-22-8-6-18/h1-4H,5-9H2. The van der Waals surface area contributed by atoms with Crippen molar-refractivity contribution in [2.45, 2.75) is 6.67 Å². The molecule has 7 nitrogen and oxygen atoms in total. The molecule has 1 saturated heterocycles. The molecule has 0 bridgehead atoms. The quantitative estimate of drug-likeness (QED) is 0.756. The Morgan fingerprint density at radius 3 is 2.55 bits per heavy atom. The average Bonchev–Trinajstić information content (AvgIpc) is 2.97. The Morgan fingerprint density at radius 1 is 1.05 bits per heavy atom. The number of morpholine rings is 1. The van der Waals surface area contributed by atoms with Crippen molar-refractivity contribution in [2.75, 3.05) is 26.3 Å². The highest BCUT2D eigenvalue weighted by atomic mass is 16.5. The highest BCUT2D eigenvalue weighted by Crippen LogP contribution is 2.31. The first-order valence-corrected chi connectivity index (χ1v) is 7.18. The molecule has 2 heterocycles. The Kier molecular flexibility index (Phi) is 3.09. The van der Waals surface area contributed by atoms with Crippen LogP contribution in [0, 0.1) is 0 Å². The van der Waals surface area contributed by atoms with E-state index in [0.717, 1.165) is 13.1 Å². The van der Waals surface area contributed by atoms with Crippen LogP contribution < -0.4 is 0 Å². The van der Waals surface area contributed by atoms with Gasteiger partial charge in [-0.25, -0.2) is 4.68 Å². The van der Waals surface area contributed by atoms with Crippen molar-refractivity contribution in [1.29, 1.82) is 0 Å². The molecule has 0 N–H and O–H groups in total. The maximum absolute atomic E-state index is 12.4. The number of rotatable bonds is 2. The van der Waals surface area contributed by atoms with E-state index in [1.165, 1.54) is 4.68 Å². The zero-order chi connectivity index (χ0) is 15.1. The van der Waals surface area contributed by atoms with Gasteiger partial charge < -0.3 is 4.74 Å². The first-order chi connectivity index (χ1) is 10.8. The van der Waals surface area contributed by atoms with E-state index in [2.05, 4.69) is 15.2 Å². The molecule has 1 aromatic heterocycles. The maximum Gasteiger partial charge on any atom is 0.253 e. The fourth-order valence-electron chi connectivity index (χ4n) is 2.87. The molecule has 0 saturated carbocycles. The van der Waals surface area contributed by atoms with Gasteiger partial charge in [-0.2, -0.15) is 0 Å². The van der Waals surface area contributed by atoms with Crippen molar-refractivity contribution in [3.63, 3.8) is 0 Å². The van der Waals surface area contributed by atoms with Crippen molar-refractivity contribution in [3.05, 3.63) is 35.5 Å². The Labute approximate surface area is 126 Å². The van der Waals surface area contributed by atoms with Gasteiger partial charge in [-0.3, -0.25) is 14.5 Å². The first kappa shape index (κ1) is 13.3. The second-order valence-corrected chi connectivity index (χ2v) is 5.36. The third-order valence-corrected chi connectivity index (χ3v) is 4.02. The molecule has 1 aliphatic heterocycles. The van der Waals surface area contributed by atoms with Crippen LogP contribution in [0.1, 0.15) is 20.8 Å². The van der Waals surface area contributed by atoms with Gasteiger partial charge in [0, 0.05) is 24.2 Å². The second-order valence-electron chi connectivity index (χ2n) is 5.36. The molecule has 112 valence electrons. The third kappa shape index (κ3) is 1.98. The number of carbonyl (C=O) groups is 2. The molecule has 0 spiro atoms. The lowest BCUT2D eigenvalue weighted by molar-refractivity contribution is 0.0205. The summed E-state index contributed by atoms with van der Waals surface area (Å²) >= 11 is 0. The number of ketones is 2. The SMILES string of the molecule is O=C1C(=O)c2c(nnn2CN2CCOCC2)-c2ccccc21. The Balaban J connectivity index is 1.75. The molecular weight excluding hydrogens is 284 g/mol. The fraction of sp³-hybridized carbons (Fsp3) is 0.333. The van der Waals surface area contributed by atoms with E-state index >= 15 is 0 Å². The van der Waals surface area contributed by atoms with Crippen LogP contribution in [0.2, 0.25) is 0 Å². The van der Waals surface area contributed by atoms with Gasteiger partial charge in [0.1, 0.15) is 11.4 Å². The minimum Gasteiger partial charge on any atom is -0.379 e. The Bertz CT molecular complexity index is 762. The van der Waals surface area contributed by atoms with Gasteiger partial charge in [0.2, 0.25) is 5.78 Å². The topological polar surface area (TPSA) is 77.3 Å². The van der Waals surface area contributed by atoms with Gasteiger partial charge in [-0.05, 0) is 0 Å². The molecule has 1 fully saturated rings. The number of carbonyl (C=O) groups excluding carboxylic acids is 2. The van der Waals surface area contributed by atoms with E-state index in [-0.39, 0.29) is 5.69 Å². The van der Waals surface area contributed by atoms with Crippen LogP contribution >= 0.6 is 0 Å². The van der Waals surface area contributed by atoms with Crippen LogP contribution in [0.5, 0.6) is 0 Å². The van der Waals surface area contributed by atoms with Gasteiger partial charge in [0.25, 0.3) is 5.78 Å². The van der Waals surface area contributed by atoms with Gasteiger partial charge in [-0.15, -0.1) is 5.10 Å². The molecule has 7 heteroatoms. The molecule has 2 aliphatic rings. The van der Waals surface area contributed by atoms with Crippen LogP contribution in [0.15, 0.2) is 24.3 Å². The summed E-state index contributed by atoms with van der Waals surface area (Å²) in [6, 6.07) is 7.02. The lowest BCUT2D eigenvalue weighted by atomic mass is 9.90. The molecule has 0 radical (unpaired) electrons. The van der Waals surface area contributed by atoms with Crippen LogP contribution in [-0.4, -0.2) is 57.8 Å². The zero-order valence-corrected chi connectivity index (χ0v) is 11.9. The van der Waals surface area contributed by atoms with E-state index in [0.29, 0.717) is 36.7 Å². The maximum atomic E-state index is 12.4. The highest BCUT2D eigenvalue weighted by molar-refractivity contribution is 6.52. The largest absolute Gasteiger partial charge is 0.379 e. The number of hydrogen-bond donors (Lipinski definition) is 0. The van der Waals surface area contributed by atoms with Crippen LogP contribution in [0.4, 0.5) is 0 Å². The lowest BCUT2D eigenvalue weighted by Crippen LogP contribution is -2.38. The van der Waals surface area contributed by atoms with Crippen LogP contribution in [0.25, 0.3) is 11.3 Å². The summed E-state index contributed by atoms with van der Waals surface area (Å²) in [5.41, 5.74) is 1.86. The molecule has 2 aromatic rings. The van der Waals surface area contributed by atoms with E-state index in [4.69, 9.17) is 4.74 Å². The Morgan fingerprint density at radius 2 is 1.77 bits per heavy atom. The molecule has 1 aromatic carbocycles. The summed E-state index contributed by atoms with van der Waals surface area (Å²) in [6.45, 7) is 3.30. The molecule has 4 rings (SSSR count). The van der Waals surface area contributed by atoms with Gasteiger partial charge >= 0.3 is 0 Å². The number of aromatic nitrogens is 3. The number of Topliss-reactive ketones (excluding diaryl/α,β-unsaturated/α-hetero) is 2. The van der Waals surface area contributed by atoms with Crippen LogP contribution in [0.3, 0.4) is 0 Å². The number of fused-ring (bicyclic) bond motifs is 3. The molecule has 0 atom stereocenters. The monoisotopic (exact) mass is 298 g/mol. The van der Waals surface area contributed by atoms with E-state index in [1.54, 1.807) is 18.2 Å². The number of nitrogens with zero attached hydrogens (tertiary/aromatic N) is 4. The normalized spacial score (nSPS) is 18.2. The highest BCUT2D eigenvalue weighted by Gasteiger charge is 2.35. The van der Waals surface area contributed by atoms with Crippen molar-refractivity contribution in [3.8, 4) is 11.3 Å². The summed E-state index contributed by atoms with van der Waals surface area (Å²) < 4.78 is 6.83. The van der Waals surface area contributed by atoms with Crippen molar-refractivity contribution < 1.29 is 14.3 Å². The summed E-state index contributed by atoms with van der Waals surface area (Å²) in [6.07, 6.45) is 0. The van der Waals surface area contributed by atoms with Crippen molar-refractivity contribution >= 4 is 11.6 Å². The van der Waals surface area contributed by atoms with E-state index in [1.807, 2.05) is 6.07 Å². The predicted molar refractivity (Wildman–Crippen MR) is 76.5 cm³/mol. The molecule has 1 aliphatic carbocycles. The number of hydrogen-bond acceptors (Lipinski definition) is 6. The summed E-state index contributed by atoms with van der Waals surface area (Å²) in [7, 11) is 0. The van der Waals surface area contributed by atoms with Gasteiger partial charge in [-0.1, -0.05) is 29.5 Å². The molecule has 0 amide bonds. The summed E-state index contributed by atoms with van der Waals surface area (Å²) in [5.74, 6) is -1.03. The van der Waals surface area contributed by atoms with Crippen LogP contribution in [-0.2, 0) is 11.4 Å². The van der Waals surface area contributed by atoms with E-state index < -0.39 is 11.6 Å². The molecule has 22 heavy (non-hydrogen) atoms. The Hall–Kier alpha value is -2.38. The summed E-state index contributed by atoms with van der Waals surface area (Å²) in [5, 5.41) is 8.22.